The molecule has 6 heteroatoms. The van der Waals surface area contributed by atoms with Crippen molar-refractivity contribution in [3.05, 3.63) is 70.3 Å². The highest BCUT2D eigenvalue weighted by Gasteiger charge is 2.45. The SMILES string of the molecule is COCCCN1C(=O)C(=O)/C(=C(/O)c2ccc(OCC(C)C)cc2C)[C@@H]1c1ccc(C)cc1. The van der Waals surface area contributed by atoms with Crippen molar-refractivity contribution in [2.45, 2.75) is 40.2 Å². The van der Waals surface area contributed by atoms with Crippen LogP contribution in [0, 0.1) is 19.8 Å². The van der Waals surface area contributed by atoms with E-state index in [1.54, 1.807) is 19.2 Å². The molecule has 33 heavy (non-hydrogen) atoms. The summed E-state index contributed by atoms with van der Waals surface area (Å²) in [6.07, 6.45) is 0.590. The number of methoxy groups -OCH3 is 1. The first kappa shape index (κ1) is 24.5. The van der Waals surface area contributed by atoms with Gasteiger partial charge in [0.15, 0.2) is 0 Å². The molecule has 0 saturated carbocycles. The molecule has 1 aliphatic heterocycles. The van der Waals surface area contributed by atoms with Crippen molar-refractivity contribution >= 4 is 17.4 Å². The highest BCUT2D eigenvalue weighted by atomic mass is 16.5. The van der Waals surface area contributed by atoms with Gasteiger partial charge in [-0.15, -0.1) is 0 Å². The molecule has 0 bridgehead atoms. The lowest BCUT2D eigenvalue weighted by atomic mass is 9.93. The molecule has 1 N–H and O–H groups in total. The van der Waals surface area contributed by atoms with Crippen LogP contribution in [0.25, 0.3) is 5.76 Å². The van der Waals surface area contributed by atoms with Crippen molar-refractivity contribution in [1.82, 2.24) is 4.90 Å². The molecular weight excluding hydrogens is 418 g/mol. The maximum Gasteiger partial charge on any atom is 0.295 e. The fourth-order valence-corrected chi connectivity index (χ4v) is 3.98. The predicted octanol–water partition coefficient (Wildman–Crippen LogP) is 4.80. The molecule has 1 amide bonds. The maximum absolute atomic E-state index is 13.1. The Morgan fingerprint density at radius 1 is 1.09 bits per heavy atom. The quantitative estimate of drug-likeness (QED) is 0.257. The lowest BCUT2D eigenvalue weighted by molar-refractivity contribution is -0.140. The zero-order valence-electron chi connectivity index (χ0n) is 20.1. The van der Waals surface area contributed by atoms with E-state index in [4.69, 9.17) is 9.47 Å². The van der Waals surface area contributed by atoms with Crippen LogP contribution in [0.3, 0.4) is 0 Å². The van der Waals surface area contributed by atoms with Gasteiger partial charge >= 0.3 is 0 Å². The van der Waals surface area contributed by atoms with E-state index in [1.807, 2.05) is 44.2 Å². The average Bonchev–Trinajstić information content (AvgIpc) is 3.03. The number of rotatable bonds is 9. The first-order chi connectivity index (χ1) is 15.7. The smallest absolute Gasteiger partial charge is 0.295 e. The van der Waals surface area contributed by atoms with Gasteiger partial charge in [-0.1, -0.05) is 43.7 Å². The number of ether oxygens (including phenoxy) is 2. The monoisotopic (exact) mass is 451 g/mol. The molecule has 3 rings (SSSR count). The van der Waals surface area contributed by atoms with E-state index in [1.165, 1.54) is 4.90 Å². The summed E-state index contributed by atoms with van der Waals surface area (Å²) in [7, 11) is 1.60. The Hall–Kier alpha value is -3.12. The van der Waals surface area contributed by atoms with Crippen LogP contribution in [-0.4, -0.2) is 48.6 Å². The van der Waals surface area contributed by atoms with E-state index in [9.17, 15) is 14.7 Å². The van der Waals surface area contributed by atoms with E-state index in [-0.39, 0.29) is 11.3 Å². The Morgan fingerprint density at radius 3 is 2.39 bits per heavy atom. The summed E-state index contributed by atoms with van der Waals surface area (Å²) in [5, 5.41) is 11.3. The van der Waals surface area contributed by atoms with Crippen LogP contribution in [0.1, 0.15) is 48.6 Å². The standard InChI is InChI=1S/C27H33NO5/c1-17(2)16-33-21-11-12-22(19(4)15-21)25(29)23-24(20-9-7-18(3)8-10-20)28(13-6-14-32-5)27(31)26(23)30/h7-12,15,17,24,29H,6,13-14,16H2,1-5H3/b25-23+/t24-/m0/s1. The third kappa shape index (κ3) is 5.45. The first-order valence-electron chi connectivity index (χ1n) is 11.3. The molecule has 0 spiro atoms. The minimum absolute atomic E-state index is 0.111. The van der Waals surface area contributed by atoms with Gasteiger partial charge in [0.1, 0.15) is 11.5 Å². The number of likely N-dealkylation sites (tertiary alicyclic amines) is 1. The molecule has 6 nitrogen and oxygen atoms in total. The van der Waals surface area contributed by atoms with Gasteiger partial charge in [0.2, 0.25) is 0 Å². The van der Waals surface area contributed by atoms with E-state index in [2.05, 4.69) is 13.8 Å². The Kier molecular flexibility index (Phi) is 7.92. The molecular formula is C27H33NO5. The van der Waals surface area contributed by atoms with Crippen molar-refractivity contribution in [1.29, 1.82) is 0 Å². The predicted molar refractivity (Wildman–Crippen MR) is 128 cm³/mol. The van der Waals surface area contributed by atoms with Gasteiger partial charge in [-0.3, -0.25) is 9.59 Å². The van der Waals surface area contributed by atoms with Gasteiger partial charge in [-0.05, 0) is 55.5 Å². The normalized spacial score (nSPS) is 17.8. The van der Waals surface area contributed by atoms with Gasteiger partial charge in [0.05, 0.1) is 18.2 Å². The minimum Gasteiger partial charge on any atom is -0.507 e. The van der Waals surface area contributed by atoms with E-state index >= 15 is 0 Å². The van der Waals surface area contributed by atoms with Crippen LogP contribution in [-0.2, 0) is 14.3 Å². The van der Waals surface area contributed by atoms with E-state index < -0.39 is 17.7 Å². The number of Topliss-reactive ketones (excluding diaryl/α,β-unsaturated/α-hetero) is 1. The summed E-state index contributed by atoms with van der Waals surface area (Å²) in [4.78, 5) is 27.6. The molecule has 0 unspecified atom stereocenters. The van der Waals surface area contributed by atoms with Crippen molar-refractivity contribution in [2.24, 2.45) is 5.92 Å². The Balaban J connectivity index is 2.05. The fourth-order valence-electron chi connectivity index (χ4n) is 3.98. The van der Waals surface area contributed by atoms with Crippen LogP contribution in [0.5, 0.6) is 5.75 Å². The number of hydrogen-bond donors (Lipinski definition) is 1. The summed E-state index contributed by atoms with van der Waals surface area (Å²) in [6, 6.07) is 12.4. The average molecular weight is 452 g/mol. The molecule has 176 valence electrons. The fraction of sp³-hybridized carbons (Fsp3) is 0.407. The topological polar surface area (TPSA) is 76.1 Å². The minimum atomic E-state index is -0.671. The lowest BCUT2D eigenvalue weighted by Crippen LogP contribution is -2.31. The summed E-state index contributed by atoms with van der Waals surface area (Å²) >= 11 is 0. The first-order valence-corrected chi connectivity index (χ1v) is 11.3. The number of aliphatic hydroxyl groups is 1. The third-order valence-electron chi connectivity index (χ3n) is 5.72. The molecule has 2 aromatic carbocycles. The van der Waals surface area contributed by atoms with Crippen LogP contribution < -0.4 is 4.74 Å². The largest absolute Gasteiger partial charge is 0.507 e. The summed E-state index contributed by atoms with van der Waals surface area (Å²) in [6.45, 7) is 9.39. The molecule has 1 aliphatic rings. The van der Waals surface area contributed by atoms with Crippen LogP contribution >= 0.6 is 0 Å². The number of carbonyl (C=O) groups is 2. The summed E-state index contributed by atoms with van der Waals surface area (Å²) in [5.74, 6) is -0.348. The summed E-state index contributed by atoms with van der Waals surface area (Å²) < 4.78 is 10.9. The summed E-state index contributed by atoms with van der Waals surface area (Å²) in [5.41, 5.74) is 3.25. The zero-order valence-corrected chi connectivity index (χ0v) is 20.1. The molecule has 1 fully saturated rings. The molecule has 1 atom stereocenters. The van der Waals surface area contributed by atoms with Gasteiger partial charge in [0.25, 0.3) is 11.7 Å². The number of carbonyl (C=O) groups excluding carboxylic acids is 2. The van der Waals surface area contributed by atoms with Crippen LogP contribution in [0.4, 0.5) is 0 Å². The zero-order chi connectivity index (χ0) is 24.1. The number of ketones is 1. The van der Waals surface area contributed by atoms with Gasteiger partial charge < -0.3 is 19.5 Å². The van der Waals surface area contributed by atoms with E-state index in [0.29, 0.717) is 43.4 Å². The Labute approximate surface area is 195 Å². The second-order valence-electron chi connectivity index (χ2n) is 8.93. The van der Waals surface area contributed by atoms with Crippen molar-refractivity contribution in [2.75, 3.05) is 26.9 Å². The van der Waals surface area contributed by atoms with Crippen molar-refractivity contribution < 1.29 is 24.2 Å². The number of benzene rings is 2. The molecule has 0 aromatic heterocycles. The number of nitrogens with zero attached hydrogens (tertiary/aromatic N) is 1. The number of aliphatic hydroxyl groups excluding tert-OH is 1. The van der Waals surface area contributed by atoms with Crippen molar-refractivity contribution in [3.8, 4) is 5.75 Å². The Morgan fingerprint density at radius 2 is 1.79 bits per heavy atom. The van der Waals surface area contributed by atoms with Crippen LogP contribution in [0.15, 0.2) is 48.0 Å². The van der Waals surface area contributed by atoms with Crippen LogP contribution in [0.2, 0.25) is 0 Å². The van der Waals surface area contributed by atoms with Crippen molar-refractivity contribution in [3.63, 3.8) is 0 Å². The number of hydrogen-bond acceptors (Lipinski definition) is 5. The molecule has 0 radical (unpaired) electrons. The second-order valence-corrected chi connectivity index (χ2v) is 8.93. The van der Waals surface area contributed by atoms with Gasteiger partial charge in [-0.2, -0.15) is 0 Å². The lowest BCUT2D eigenvalue weighted by Gasteiger charge is -2.25. The van der Waals surface area contributed by atoms with Gasteiger partial charge in [0, 0.05) is 25.8 Å². The Bertz CT molecular complexity index is 1040. The molecule has 2 aromatic rings. The number of amides is 1. The second kappa shape index (κ2) is 10.7. The van der Waals surface area contributed by atoms with E-state index in [0.717, 1.165) is 16.7 Å². The molecule has 1 heterocycles. The van der Waals surface area contributed by atoms with Gasteiger partial charge in [-0.25, -0.2) is 0 Å². The highest BCUT2D eigenvalue weighted by Crippen LogP contribution is 2.40. The number of aryl methyl sites for hydroxylation is 2. The highest BCUT2D eigenvalue weighted by molar-refractivity contribution is 6.46. The molecule has 0 aliphatic carbocycles. The maximum atomic E-state index is 13.1. The third-order valence-corrected chi connectivity index (χ3v) is 5.72. The molecule has 1 saturated heterocycles.